The number of β-amino-alcohol motifs (C(OH)–C–C–N with tert-alkyl or cyclic N) is 1. The van der Waals surface area contributed by atoms with Crippen molar-refractivity contribution in [3.05, 3.63) is 60.2 Å². The summed E-state index contributed by atoms with van der Waals surface area (Å²) in [6.07, 6.45) is -0.469. The van der Waals surface area contributed by atoms with Crippen molar-refractivity contribution in [2.45, 2.75) is 12.6 Å². The van der Waals surface area contributed by atoms with E-state index in [4.69, 9.17) is 9.47 Å². The van der Waals surface area contributed by atoms with E-state index < -0.39 is 6.10 Å². The van der Waals surface area contributed by atoms with Gasteiger partial charge in [-0.05, 0) is 18.2 Å². The minimum Gasteiger partial charge on any atom is -0.492 e. The summed E-state index contributed by atoms with van der Waals surface area (Å²) in [7, 11) is 0. The van der Waals surface area contributed by atoms with E-state index in [1.54, 1.807) is 0 Å². The molecule has 1 unspecified atom stereocenters. The van der Waals surface area contributed by atoms with E-state index in [0.29, 0.717) is 26.3 Å². The highest BCUT2D eigenvalue weighted by Crippen LogP contribution is 2.18. The average Bonchev–Trinajstić information content (AvgIpc) is 2.74. The number of para-hydroxylation sites is 2. The van der Waals surface area contributed by atoms with Gasteiger partial charge in [0.2, 0.25) is 0 Å². The van der Waals surface area contributed by atoms with Gasteiger partial charge in [-0.2, -0.15) is 11.8 Å². The van der Waals surface area contributed by atoms with Crippen LogP contribution in [0.5, 0.6) is 11.5 Å². The maximum Gasteiger partial charge on any atom is 0.123 e. The van der Waals surface area contributed by atoms with Gasteiger partial charge in [0.25, 0.3) is 0 Å². The van der Waals surface area contributed by atoms with Crippen molar-refractivity contribution in [1.82, 2.24) is 10.2 Å². The molecule has 5 nitrogen and oxygen atoms in total. The van der Waals surface area contributed by atoms with Crippen molar-refractivity contribution in [2.24, 2.45) is 0 Å². The number of nitrogens with one attached hydrogen (secondary N) is 1. The second-order valence-corrected chi connectivity index (χ2v) is 8.05. The van der Waals surface area contributed by atoms with E-state index in [-0.39, 0.29) is 0 Å². The highest BCUT2D eigenvalue weighted by atomic mass is 32.2. The third kappa shape index (κ3) is 7.36. The molecule has 0 amide bonds. The first-order valence-electron chi connectivity index (χ1n) is 9.89. The Kier molecular flexibility index (Phi) is 8.97. The second-order valence-electron chi connectivity index (χ2n) is 6.82. The standard InChI is InChI=1S/C22H30N2O3S/c25-20(17-24-11-14-28-15-12-24)18-27-22-9-5-4-6-19(22)16-23-10-13-26-21-7-2-1-3-8-21/h1-9,20,23,25H,10-18H2. The monoisotopic (exact) mass is 402 g/mol. The van der Waals surface area contributed by atoms with Crippen LogP contribution in [-0.2, 0) is 6.54 Å². The number of thioether (sulfide) groups is 1. The van der Waals surface area contributed by atoms with Crippen LogP contribution >= 0.6 is 11.8 Å². The summed E-state index contributed by atoms with van der Waals surface area (Å²) < 4.78 is 11.6. The van der Waals surface area contributed by atoms with Crippen LogP contribution in [0.1, 0.15) is 5.56 Å². The molecule has 2 N–H and O–H groups in total. The minimum absolute atomic E-state index is 0.317. The predicted molar refractivity (Wildman–Crippen MR) is 115 cm³/mol. The number of aliphatic hydroxyl groups excluding tert-OH is 1. The third-order valence-corrected chi connectivity index (χ3v) is 5.53. The van der Waals surface area contributed by atoms with Gasteiger partial charge in [-0.1, -0.05) is 36.4 Å². The molecule has 1 heterocycles. The zero-order valence-electron chi connectivity index (χ0n) is 16.3. The average molecular weight is 403 g/mol. The van der Waals surface area contributed by atoms with E-state index in [0.717, 1.165) is 48.2 Å². The summed E-state index contributed by atoms with van der Waals surface area (Å²) in [5, 5.41) is 13.7. The lowest BCUT2D eigenvalue weighted by Gasteiger charge is -2.28. The molecule has 1 aliphatic heterocycles. The van der Waals surface area contributed by atoms with E-state index in [1.165, 1.54) is 0 Å². The molecule has 0 radical (unpaired) electrons. The molecule has 3 rings (SSSR count). The lowest BCUT2D eigenvalue weighted by Crippen LogP contribution is -2.40. The summed E-state index contributed by atoms with van der Waals surface area (Å²) in [6.45, 7) is 5.16. The summed E-state index contributed by atoms with van der Waals surface area (Å²) in [6, 6.07) is 17.8. The largest absolute Gasteiger partial charge is 0.492 e. The van der Waals surface area contributed by atoms with Crippen molar-refractivity contribution >= 4 is 11.8 Å². The van der Waals surface area contributed by atoms with Crippen LogP contribution in [0.4, 0.5) is 0 Å². The fraction of sp³-hybridized carbons (Fsp3) is 0.455. The van der Waals surface area contributed by atoms with Crippen molar-refractivity contribution in [2.75, 3.05) is 50.9 Å². The second kappa shape index (κ2) is 12.0. The van der Waals surface area contributed by atoms with Gasteiger partial charge in [-0.15, -0.1) is 0 Å². The third-order valence-electron chi connectivity index (χ3n) is 4.58. The normalized spacial score (nSPS) is 15.9. The highest BCUT2D eigenvalue weighted by molar-refractivity contribution is 7.99. The molecule has 2 aromatic rings. The molecule has 0 saturated carbocycles. The zero-order chi connectivity index (χ0) is 19.4. The summed E-state index contributed by atoms with van der Waals surface area (Å²) >= 11 is 1.98. The Morgan fingerprint density at radius 2 is 1.75 bits per heavy atom. The fourth-order valence-electron chi connectivity index (χ4n) is 3.09. The van der Waals surface area contributed by atoms with Gasteiger partial charge in [-0.25, -0.2) is 0 Å². The Morgan fingerprint density at radius 3 is 2.57 bits per heavy atom. The number of nitrogens with zero attached hydrogens (tertiary/aromatic N) is 1. The molecular weight excluding hydrogens is 372 g/mol. The molecule has 152 valence electrons. The molecule has 6 heteroatoms. The van der Waals surface area contributed by atoms with Crippen LogP contribution in [0.3, 0.4) is 0 Å². The summed E-state index contributed by atoms with van der Waals surface area (Å²) in [5.41, 5.74) is 1.09. The van der Waals surface area contributed by atoms with Gasteiger partial charge < -0.3 is 19.9 Å². The molecule has 0 aliphatic carbocycles. The lowest BCUT2D eigenvalue weighted by molar-refractivity contribution is 0.0711. The Bertz CT molecular complexity index is 680. The number of hydrogen-bond donors (Lipinski definition) is 2. The minimum atomic E-state index is -0.469. The van der Waals surface area contributed by atoms with E-state index in [9.17, 15) is 5.11 Å². The molecule has 1 atom stereocenters. The number of ether oxygens (including phenoxy) is 2. The van der Waals surface area contributed by atoms with E-state index >= 15 is 0 Å². The van der Waals surface area contributed by atoms with Crippen LogP contribution in [0.2, 0.25) is 0 Å². The number of benzene rings is 2. The molecule has 0 spiro atoms. The molecule has 1 fully saturated rings. The molecule has 2 aromatic carbocycles. The van der Waals surface area contributed by atoms with Gasteiger partial charge >= 0.3 is 0 Å². The van der Waals surface area contributed by atoms with Crippen molar-refractivity contribution in [3.8, 4) is 11.5 Å². The van der Waals surface area contributed by atoms with Gasteiger partial charge in [-0.3, -0.25) is 4.90 Å². The van der Waals surface area contributed by atoms with Crippen LogP contribution in [0.15, 0.2) is 54.6 Å². The Balaban J connectivity index is 1.37. The first-order valence-corrected chi connectivity index (χ1v) is 11.0. The van der Waals surface area contributed by atoms with Gasteiger partial charge in [0.05, 0.1) is 0 Å². The zero-order valence-corrected chi connectivity index (χ0v) is 17.1. The smallest absolute Gasteiger partial charge is 0.123 e. The lowest BCUT2D eigenvalue weighted by atomic mass is 10.2. The SMILES string of the molecule is OC(COc1ccccc1CNCCOc1ccccc1)CN1CCSCC1. The maximum absolute atomic E-state index is 10.3. The Morgan fingerprint density at radius 1 is 1.00 bits per heavy atom. The first-order chi connectivity index (χ1) is 13.8. The van der Waals surface area contributed by atoms with E-state index in [2.05, 4.69) is 16.3 Å². The number of aliphatic hydroxyl groups is 1. The van der Waals surface area contributed by atoms with Gasteiger partial charge in [0.1, 0.15) is 30.8 Å². The highest BCUT2D eigenvalue weighted by Gasteiger charge is 2.15. The quantitative estimate of drug-likeness (QED) is 0.564. The van der Waals surface area contributed by atoms with Crippen LogP contribution < -0.4 is 14.8 Å². The summed E-state index contributed by atoms with van der Waals surface area (Å²) in [5.74, 6) is 4.01. The molecule has 0 aromatic heterocycles. The number of hydrogen-bond acceptors (Lipinski definition) is 6. The predicted octanol–water partition coefficient (Wildman–Crippen LogP) is 2.64. The molecular formula is C22H30N2O3S. The van der Waals surface area contributed by atoms with Gasteiger partial charge in [0.15, 0.2) is 0 Å². The molecule has 1 aliphatic rings. The topological polar surface area (TPSA) is 54.0 Å². The van der Waals surface area contributed by atoms with Crippen LogP contribution in [0.25, 0.3) is 0 Å². The maximum atomic E-state index is 10.3. The van der Waals surface area contributed by atoms with Crippen molar-refractivity contribution < 1.29 is 14.6 Å². The molecule has 1 saturated heterocycles. The number of rotatable bonds is 11. The van der Waals surface area contributed by atoms with E-state index in [1.807, 2.05) is 60.3 Å². The van der Waals surface area contributed by atoms with Crippen LogP contribution in [0, 0.1) is 0 Å². The van der Waals surface area contributed by atoms with Crippen molar-refractivity contribution in [1.29, 1.82) is 0 Å². The van der Waals surface area contributed by atoms with Crippen molar-refractivity contribution in [3.63, 3.8) is 0 Å². The Labute approximate surface area is 172 Å². The summed E-state index contributed by atoms with van der Waals surface area (Å²) in [4.78, 5) is 2.31. The Hall–Kier alpha value is -1.73. The van der Waals surface area contributed by atoms with Crippen LogP contribution in [-0.4, -0.2) is 67.0 Å². The van der Waals surface area contributed by atoms with Gasteiger partial charge in [0, 0.05) is 49.8 Å². The first kappa shape index (κ1) is 21.0. The fourth-order valence-corrected chi connectivity index (χ4v) is 4.07. The molecule has 0 bridgehead atoms. The molecule has 28 heavy (non-hydrogen) atoms.